The quantitative estimate of drug-likeness (QED) is 0.898. The van der Waals surface area contributed by atoms with Crippen molar-refractivity contribution in [1.82, 2.24) is 9.97 Å². The normalized spacial score (nSPS) is 10.1. The first-order valence-corrected chi connectivity index (χ1v) is 5.38. The van der Waals surface area contributed by atoms with E-state index in [2.05, 4.69) is 9.97 Å². The highest BCUT2D eigenvalue weighted by atomic mass is 16.5. The van der Waals surface area contributed by atoms with Crippen molar-refractivity contribution in [3.8, 4) is 11.6 Å². The number of nitrogens with zero attached hydrogens (tertiary/aromatic N) is 2. The number of carboxylic acids is 1. The summed E-state index contributed by atoms with van der Waals surface area (Å²) in [7, 11) is 0. The van der Waals surface area contributed by atoms with Crippen LogP contribution in [-0.4, -0.2) is 21.0 Å². The number of hydrogen-bond acceptors (Lipinski definition) is 4. The maximum absolute atomic E-state index is 11.1. The molecule has 2 aromatic rings. The van der Waals surface area contributed by atoms with Gasteiger partial charge in [-0.3, -0.25) is 4.98 Å². The average Bonchev–Trinajstić information content (AvgIpc) is 2.32. The second kappa shape index (κ2) is 4.83. The molecular weight excluding hydrogens is 232 g/mol. The Labute approximate surface area is 104 Å². The van der Waals surface area contributed by atoms with Crippen LogP contribution >= 0.6 is 0 Å². The zero-order valence-electron chi connectivity index (χ0n) is 10.0. The van der Waals surface area contributed by atoms with Gasteiger partial charge in [-0.05, 0) is 38.1 Å². The van der Waals surface area contributed by atoms with Gasteiger partial charge in [-0.15, -0.1) is 0 Å². The number of hydrogen-bond donors (Lipinski definition) is 1. The van der Waals surface area contributed by atoms with Crippen molar-refractivity contribution in [1.29, 1.82) is 0 Å². The molecule has 5 heteroatoms. The average molecular weight is 244 g/mol. The second-order valence-corrected chi connectivity index (χ2v) is 3.80. The van der Waals surface area contributed by atoms with Crippen LogP contribution in [0.15, 0.2) is 30.5 Å². The van der Waals surface area contributed by atoms with Crippen LogP contribution in [-0.2, 0) is 0 Å². The van der Waals surface area contributed by atoms with Crippen molar-refractivity contribution in [2.24, 2.45) is 0 Å². The summed E-state index contributed by atoms with van der Waals surface area (Å²) in [6, 6.07) is 6.55. The molecule has 0 saturated carbocycles. The van der Waals surface area contributed by atoms with Gasteiger partial charge in [0.1, 0.15) is 5.56 Å². The SMILES string of the molecule is Cc1ccc(C(=O)O)c(Oc2cccnc2C)n1. The molecule has 0 fully saturated rings. The van der Waals surface area contributed by atoms with E-state index in [4.69, 9.17) is 9.84 Å². The third kappa shape index (κ3) is 2.45. The lowest BCUT2D eigenvalue weighted by Crippen LogP contribution is -2.03. The van der Waals surface area contributed by atoms with Gasteiger partial charge in [0.25, 0.3) is 0 Å². The minimum atomic E-state index is -1.07. The van der Waals surface area contributed by atoms with E-state index < -0.39 is 5.97 Å². The highest BCUT2D eigenvalue weighted by Crippen LogP contribution is 2.25. The highest BCUT2D eigenvalue weighted by molar-refractivity contribution is 5.90. The van der Waals surface area contributed by atoms with Gasteiger partial charge in [0, 0.05) is 11.9 Å². The van der Waals surface area contributed by atoms with Gasteiger partial charge >= 0.3 is 5.97 Å². The third-order valence-corrected chi connectivity index (χ3v) is 2.39. The molecule has 0 aromatic carbocycles. The van der Waals surface area contributed by atoms with Gasteiger partial charge in [-0.1, -0.05) is 0 Å². The van der Waals surface area contributed by atoms with Crippen LogP contribution in [0.1, 0.15) is 21.7 Å². The summed E-state index contributed by atoms with van der Waals surface area (Å²) in [4.78, 5) is 19.2. The van der Waals surface area contributed by atoms with E-state index in [1.165, 1.54) is 6.07 Å². The van der Waals surface area contributed by atoms with Gasteiger partial charge in [-0.25, -0.2) is 9.78 Å². The molecule has 5 nitrogen and oxygen atoms in total. The zero-order chi connectivity index (χ0) is 13.1. The minimum absolute atomic E-state index is 0.0313. The smallest absolute Gasteiger partial charge is 0.341 e. The fourth-order valence-corrected chi connectivity index (χ4v) is 1.45. The van der Waals surface area contributed by atoms with Crippen LogP contribution in [0.4, 0.5) is 0 Å². The van der Waals surface area contributed by atoms with E-state index in [9.17, 15) is 4.79 Å². The van der Waals surface area contributed by atoms with Crippen LogP contribution < -0.4 is 4.74 Å². The summed E-state index contributed by atoms with van der Waals surface area (Å²) in [5, 5.41) is 9.07. The molecule has 0 saturated heterocycles. The van der Waals surface area contributed by atoms with Crippen LogP contribution in [0.2, 0.25) is 0 Å². The first-order valence-electron chi connectivity index (χ1n) is 5.38. The van der Waals surface area contributed by atoms with Gasteiger partial charge in [0.15, 0.2) is 5.75 Å². The molecule has 0 spiro atoms. The highest BCUT2D eigenvalue weighted by Gasteiger charge is 2.14. The van der Waals surface area contributed by atoms with Gasteiger partial charge in [0.2, 0.25) is 5.88 Å². The maximum atomic E-state index is 11.1. The predicted molar refractivity (Wildman–Crippen MR) is 65.0 cm³/mol. The standard InChI is InChI=1S/C13H12N2O3/c1-8-5-6-10(13(16)17)12(15-8)18-11-4-3-7-14-9(11)2/h3-7H,1-2H3,(H,16,17). The van der Waals surface area contributed by atoms with Crippen LogP contribution in [0.5, 0.6) is 11.6 Å². The van der Waals surface area contributed by atoms with Crippen molar-refractivity contribution in [3.05, 3.63) is 47.4 Å². The van der Waals surface area contributed by atoms with Crippen molar-refractivity contribution in [3.63, 3.8) is 0 Å². The number of aromatic carboxylic acids is 1. The molecule has 0 atom stereocenters. The fourth-order valence-electron chi connectivity index (χ4n) is 1.45. The van der Waals surface area contributed by atoms with E-state index >= 15 is 0 Å². The molecule has 18 heavy (non-hydrogen) atoms. The predicted octanol–water partition coefficient (Wildman–Crippen LogP) is 2.58. The molecule has 2 aromatic heterocycles. The lowest BCUT2D eigenvalue weighted by Gasteiger charge is -2.09. The number of aromatic nitrogens is 2. The first kappa shape index (κ1) is 12.0. The summed E-state index contributed by atoms with van der Waals surface area (Å²) in [5.41, 5.74) is 1.40. The van der Waals surface area contributed by atoms with Crippen LogP contribution in [0.25, 0.3) is 0 Å². The van der Waals surface area contributed by atoms with E-state index in [1.807, 2.05) is 0 Å². The van der Waals surface area contributed by atoms with E-state index in [1.54, 1.807) is 38.2 Å². The Hall–Kier alpha value is -2.43. The Morgan fingerprint density at radius 2 is 2.06 bits per heavy atom. The number of carbonyl (C=O) groups is 1. The summed E-state index contributed by atoms with van der Waals surface area (Å²) in [6.45, 7) is 3.56. The molecule has 0 radical (unpaired) electrons. The Bertz CT molecular complexity index is 597. The third-order valence-electron chi connectivity index (χ3n) is 2.39. The molecule has 1 N–H and O–H groups in total. The van der Waals surface area contributed by atoms with Crippen molar-refractivity contribution < 1.29 is 14.6 Å². The van der Waals surface area contributed by atoms with Crippen molar-refractivity contribution >= 4 is 5.97 Å². The van der Waals surface area contributed by atoms with Crippen LogP contribution in [0, 0.1) is 13.8 Å². The summed E-state index contributed by atoms with van der Waals surface area (Å²) in [6.07, 6.45) is 1.64. The van der Waals surface area contributed by atoms with Crippen molar-refractivity contribution in [2.45, 2.75) is 13.8 Å². The van der Waals surface area contributed by atoms with Gasteiger partial charge in [-0.2, -0.15) is 0 Å². The molecule has 0 unspecified atom stereocenters. The molecule has 2 heterocycles. The molecule has 2 rings (SSSR count). The van der Waals surface area contributed by atoms with Crippen LogP contribution in [0.3, 0.4) is 0 Å². The Morgan fingerprint density at radius 1 is 1.28 bits per heavy atom. The van der Waals surface area contributed by atoms with Gasteiger partial charge in [0.05, 0.1) is 5.69 Å². The van der Waals surface area contributed by atoms with E-state index in [-0.39, 0.29) is 11.4 Å². The Kier molecular flexibility index (Phi) is 3.23. The lowest BCUT2D eigenvalue weighted by atomic mass is 10.2. The first-order chi connectivity index (χ1) is 8.58. The number of aryl methyl sites for hydroxylation is 2. The maximum Gasteiger partial charge on any atom is 0.341 e. The topological polar surface area (TPSA) is 72.3 Å². The number of rotatable bonds is 3. The molecule has 0 aliphatic carbocycles. The zero-order valence-corrected chi connectivity index (χ0v) is 10.0. The Balaban J connectivity index is 2.42. The van der Waals surface area contributed by atoms with E-state index in [0.717, 1.165) is 0 Å². The molecule has 0 aliphatic rings. The molecule has 0 amide bonds. The summed E-state index contributed by atoms with van der Waals surface area (Å²) < 4.78 is 5.53. The molecule has 0 aliphatic heterocycles. The number of ether oxygens (including phenoxy) is 1. The Morgan fingerprint density at radius 3 is 2.72 bits per heavy atom. The van der Waals surface area contributed by atoms with Gasteiger partial charge < -0.3 is 9.84 Å². The fraction of sp³-hybridized carbons (Fsp3) is 0.154. The molecule has 92 valence electrons. The number of pyridine rings is 2. The second-order valence-electron chi connectivity index (χ2n) is 3.80. The van der Waals surface area contributed by atoms with Crippen molar-refractivity contribution in [2.75, 3.05) is 0 Å². The minimum Gasteiger partial charge on any atom is -0.477 e. The van der Waals surface area contributed by atoms with E-state index in [0.29, 0.717) is 17.1 Å². The number of carboxylic acid groups (broad SMARTS) is 1. The summed E-state index contributed by atoms with van der Waals surface area (Å²) >= 11 is 0. The lowest BCUT2D eigenvalue weighted by molar-refractivity contribution is 0.0693. The molecule has 0 bridgehead atoms. The monoisotopic (exact) mass is 244 g/mol. The molecular formula is C13H12N2O3. The largest absolute Gasteiger partial charge is 0.477 e. The summed E-state index contributed by atoms with van der Waals surface area (Å²) in [5.74, 6) is -0.490.